The Bertz CT molecular complexity index is 617. The smallest absolute Gasteiger partial charge is 0.282 e. The van der Waals surface area contributed by atoms with Gasteiger partial charge in [0.05, 0.1) is 7.05 Å². The van der Waals surface area contributed by atoms with Crippen molar-refractivity contribution in [3.05, 3.63) is 59.1 Å². The molecule has 0 aliphatic carbocycles. The van der Waals surface area contributed by atoms with Gasteiger partial charge in [-0.15, -0.1) is 0 Å². The molecule has 0 heterocycles. The first-order chi connectivity index (χ1) is 11.1. The second-order valence-electron chi connectivity index (χ2n) is 5.48. The average Bonchev–Trinajstić information content (AvgIpc) is 2.56. The van der Waals surface area contributed by atoms with Crippen molar-refractivity contribution in [3.8, 4) is 5.75 Å². The number of halogens is 1. The molecule has 2 N–H and O–H groups in total. The van der Waals surface area contributed by atoms with E-state index in [9.17, 15) is 4.79 Å². The number of para-hydroxylation sites is 1. The van der Waals surface area contributed by atoms with E-state index < -0.39 is 0 Å². The second kappa shape index (κ2) is 8.70. The summed E-state index contributed by atoms with van der Waals surface area (Å²) < 4.78 is 6.73. The fourth-order valence-electron chi connectivity index (χ4n) is 2.07. The van der Waals surface area contributed by atoms with E-state index in [1.54, 1.807) is 0 Å². The summed E-state index contributed by atoms with van der Waals surface area (Å²) in [5.41, 5.74) is 0.822. The van der Waals surface area contributed by atoms with E-state index in [0.29, 0.717) is 6.61 Å². The van der Waals surface area contributed by atoms with Crippen molar-refractivity contribution in [1.82, 2.24) is 0 Å². The van der Waals surface area contributed by atoms with Gasteiger partial charge in [-0.1, -0.05) is 34.1 Å². The van der Waals surface area contributed by atoms with Crippen molar-refractivity contribution in [2.24, 2.45) is 0 Å². The first-order valence-electron chi connectivity index (χ1n) is 7.63. The Morgan fingerprint density at radius 3 is 2.48 bits per heavy atom. The van der Waals surface area contributed by atoms with Gasteiger partial charge in [-0.3, -0.25) is 4.79 Å². The van der Waals surface area contributed by atoms with Gasteiger partial charge < -0.3 is 15.0 Å². The van der Waals surface area contributed by atoms with Gasteiger partial charge >= 0.3 is 0 Å². The molecule has 0 aromatic heterocycles. The molecule has 4 nitrogen and oxygen atoms in total. The number of hydrogen-bond acceptors (Lipinski definition) is 2. The maximum absolute atomic E-state index is 12.2. The summed E-state index contributed by atoms with van der Waals surface area (Å²) in [5.74, 6) is 0.847. The van der Waals surface area contributed by atoms with Gasteiger partial charge in [0.1, 0.15) is 18.9 Å². The van der Waals surface area contributed by atoms with Crippen LogP contribution in [-0.2, 0) is 4.79 Å². The minimum Gasteiger partial charge on any atom is -0.488 e. The highest BCUT2D eigenvalue weighted by atomic mass is 79.9. The van der Waals surface area contributed by atoms with Crippen LogP contribution in [0.15, 0.2) is 59.1 Å². The van der Waals surface area contributed by atoms with E-state index in [1.165, 1.54) is 0 Å². The molecule has 0 bridgehead atoms. The van der Waals surface area contributed by atoms with Gasteiger partial charge in [-0.05, 0) is 43.3 Å². The molecule has 0 aliphatic heterocycles. The predicted octanol–water partition coefficient (Wildman–Crippen LogP) is 2.37. The molecule has 5 heteroatoms. The Hall–Kier alpha value is -1.85. The van der Waals surface area contributed by atoms with Gasteiger partial charge in [-0.25, -0.2) is 0 Å². The Kier molecular flexibility index (Phi) is 6.62. The zero-order valence-electron chi connectivity index (χ0n) is 13.4. The zero-order chi connectivity index (χ0) is 16.7. The second-order valence-corrected chi connectivity index (χ2v) is 6.39. The summed E-state index contributed by atoms with van der Waals surface area (Å²) in [5, 5.41) is 2.93. The molecule has 0 spiro atoms. The van der Waals surface area contributed by atoms with Crippen LogP contribution in [0.5, 0.6) is 5.75 Å². The molecule has 0 fully saturated rings. The van der Waals surface area contributed by atoms with Gasteiger partial charge in [0.15, 0.2) is 6.04 Å². The number of amides is 1. The Morgan fingerprint density at radius 1 is 1.17 bits per heavy atom. The number of benzene rings is 2. The molecule has 2 atom stereocenters. The summed E-state index contributed by atoms with van der Waals surface area (Å²) in [6.07, 6.45) is 0. The minimum absolute atomic E-state index is 0.0114. The number of anilines is 1. The normalized spacial score (nSPS) is 13.2. The summed E-state index contributed by atoms with van der Waals surface area (Å²) in [6, 6.07) is 17.1. The van der Waals surface area contributed by atoms with E-state index in [0.717, 1.165) is 27.4 Å². The van der Waals surface area contributed by atoms with Crippen LogP contribution in [0, 0.1) is 0 Å². The number of carbonyl (C=O) groups is 1. The van der Waals surface area contributed by atoms with Gasteiger partial charge in [0, 0.05) is 10.2 Å². The van der Waals surface area contributed by atoms with Crippen molar-refractivity contribution in [2.45, 2.75) is 13.0 Å². The summed E-state index contributed by atoms with van der Waals surface area (Å²) in [7, 11) is 2.00. The van der Waals surface area contributed by atoms with Gasteiger partial charge in [-0.2, -0.15) is 0 Å². The predicted molar refractivity (Wildman–Crippen MR) is 95.9 cm³/mol. The van der Waals surface area contributed by atoms with Crippen LogP contribution >= 0.6 is 15.9 Å². The number of carbonyl (C=O) groups excluding carboxylic acids is 1. The highest BCUT2D eigenvalue weighted by Crippen LogP contribution is 2.15. The van der Waals surface area contributed by atoms with Crippen LogP contribution in [0.25, 0.3) is 0 Å². The van der Waals surface area contributed by atoms with Gasteiger partial charge in [0.25, 0.3) is 5.91 Å². The molecule has 1 amide bonds. The van der Waals surface area contributed by atoms with Crippen LogP contribution < -0.4 is 15.0 Å². The number of quaternary nitrogens is 1. The first kappa shape index (κ1) is 17.5. The number of hydrogen-bond donors (Lipinski definition) is 2. The highest BCUT2D eigenvalue weighted by Gasteiger charge is 2.21. The van der Waals surface area contributed by atoms with Crippen LogP contribution in [0.1, 0.15) is 6.92 Å². The molecule has 2 aromatic carbocycles. The number of rotatable bonds is 7. The molecule has 0 aliphatic rings. The Morgan fingerprint density at radius 2 is 1.83 bits per heavy atom. The third-order valence-electron chi connectivity index (χ3n) is 3.75. The van der Waals surface area contributed by atoms with Gasteiger partial charge in [0.2, 0.25) is 0 Å². The Labute approximate surface area is 145 Å². The summed E-state index contributed by atoms with van der Waals surface area (Å²) in [4.78, 5) is 13.4. The standard InChI is InChI=1S/C18H21BrN2O2/c1-14(18(22)20-16-6-4-3-5-7-16)21(2)12-13-23-17-10-8-15(19)9-11-17/h3-11,14H,12-13H2,1-2H3,(H,20,22)/p+1/t14-/m1/s1. The molecule has 23 heavy (non-hydrogen) atoms. The molecule has 0 radical (unpaired) electrons. The highest BCUT2D eigenvalue weighted by molar-refractivity contribution is 9.10. The van der Waals surface area contributed by atoms with Crippen molar-refractivity contribution in [1.29, 1.82) is 0 Å². The van der Waals surface area contributed by atoms with Crippen molar-refractivity contribution in [3.63, 3.8) is 0 Å². The van der Waals surface area contributed by atoms with Crippen molar-refractivity contribution < 1.29 is 14.4 Å². The molecule has 2 aromatic rings. The molecular formula is C18H22BrN2O2+. The molecule has 1 unspecified atom stereocenters. The lowest BCUT2D eigenvalue weighted by Crippen LogP contribution is -3.14. The largest absolute Gasteiger partial charge is 0.488 e. The Balaban J connectivity index is 1.76. The van der Waals surface area contributed by atoms with Crippen LogP contribution in [0.4, 0.5) is 5.69 Å². The first-order valence-corrected chi connectivity index (χ1v) is 8.42. The molecule has 122 valence electrons. The summed E-state index contributed by atoms with van der Waals surface area (Å²) in [6.45, 7) is 3.24. The third-order valence-corrected chi connectivity index (χ3v) is 4.28. The van der Waals surface area contributed by atoms with Crippen molar-refractivity contribution in [2.75, 3.05) is 25.5 Å². The van der Waals surface area contributed by atoms with E-state index in [1.807, 2.05) is 68.6 Å². The lowest BCUT2D eigenvalue weighted by molar-refractivity contribution is -0.894. The van der Waals surface area contributed by atoms with E-state index >= 15 is 0 Å². The van der Waals surface area contributed by atoms with E-state index in [4.69, 9.17) is 4.74 Å². The van der Waals surface area contributed by atoms with Crippen molar-refractivity contribution >= 4 is 27.5 Å². The molecule has 0 saturated heterocycles. The fraction of sp³-hybridized carbons (Fsp3) is 0.278. The monoisotopic (exact) mass is 377 g/mol. The number of nitrogens with one attached hydrogen (secondary N) is 2. The van der Waals surface area contributed by atoms with Crippen LogP contribution in [0.2, 0.25) is 0 Å². The van der Waals surface area contributed by atoms with Crippen LogP contribution in [-0.4, -0.2) is 32.1 Å². The number of likely N-dealkylation sites (N-methyl/N-ethyl adjacent to an activating group) is 1. The average molecular weight is 378 g/mol. The quantitative estimate of drug-likeness (QED) is 0.777. The molecule has 0 saturated carbocycles. The van der Waals surface area contributed by atoms with E-state index in [2.05, 4.69) is 21.2 Å². The fourth-order valence-corrected chi connectivity index (χ4v) is 2.34. The van der Waals surface area contributed by atoms with Crippen LogP contribution in [0.3, 0.4) is 0 Å². The lowest BCUT2D eigenvalue weighted by Gasteiger charge is -2.21. The third kappa shape index (κ3) is 5.69. The minimum atomic E-state index is -0.149. The topological polar surface area (TPSA) is 42.8 Å². The van der Waals surface area contributed by atoms with E-state index in [-0.39, 0.29) is 11.9 Å². The SMILES string of the molecule is C[C@H](C(=O)Nc1ccccc1)[NH+](C)CCOc1ccc(Br)cc1. The molecular weight excluding hydrogens is 356 g/mol. The number of ether oxygens (including phenoxy) is 1. The zero-order valence-corrected chi connectivity index (χ0v) is 15.0. The summed E-state index contributed by atoms with van der Waals surface area (Å²) >= 11 is 3.39. The maximum Gasteiger partial charge on any atom is 0.282 e. The maximum atomic E-state index is 12.2. The lowest BCUT2D eigenvalue weighted by atomic mass is 10.2. The molecule has 2 rings (SSSR count).